The van der Waals surface area contributed by atoms with Crippen molar-refractivity contribution >= 4 is 33.4 Å². The van der Waals surface area contributed by atoms with Gasteiger partial charge in [0.25, 0.3) is 5.91 Å². The lowest BCUT2D eigenvalue weighted by atomic mass is 10.2. The zero-order chi connectivity index (χ0) is 19.4. The average Bonchev–Trinajstić information content (AvgIpc) is 3.23. The van der Waals surface area contributed by atoms with E-state index in [1.54, 1.807) is 0 Å². The predicted octanol–water partition coefficient (Wildman–Crippen LogP) is 3.43. The van der Waals surface area contributed by atoms with Gasteiger partial charge in [0.1, 0.15) is 4.83 Å². The minimum absolute atomic E-state index is 0.0449. The van der Waals surface area contributed by atoms with Crippen LogP contribution in [0.3, 0.4) is 0 Å². The highest BCUT2D eigenvalue weighted by molar-refractivity contribution is 7.20. The van der Waals surface area contributed by atoms with Crippen LogP contribution < -0.4 is 10.6 Å². The van der Waals surface area contributed by atoms with Gasteiger partial charge in [0, 0.05) is 24.4 Å². The Kier molecular flexibility index (Phi) is 5.91. The highest BCUT2D eigenvalue weighted by Crippen LogP contribution is 2.30. The molecule has 27 heavy (non-hydrogen) atoms. The van der Waals surface area contributed by atoms with E-state index < -0.39 is 0 Å². The molecule has 1 aromatic carbocycles. The van der Waals surface area contributed by atoms with Crippen molar-refractivity contribution in [2.24, 2.45) is 0 Å². The van der Waals surface area contributed by atoms with Gasteiger partial charge in [0.2, 0.25) is 5.91 Å². The van der Waals surface area contributed by atoms with E-state index in [0.717, 1.165) is 28.0 Å². The van der Waals surface area contributed by atoms with Crippen LogP contribution in [-0.4, -0.2) is 34.2 Å². The second-order valence-electron chi connectivity index (χ2n) is 6.54. The number of hydrogen-bond acceptors (Lipinski definition) is 4. The van der Waals surface area contributed by atoms with Gasteiger partial charge in [-0.2, -0.15) is 5.10 Å². The topological polar surface area (TPSA) is 76.0 Å². The van der Waals surface area contributed by atoms with Crippen molar-refractivity contribution in [2.45, 2.75) is 39.7 Å². The molecule has 0 aliphatic heterocycles. The highest BCUT2D eigenvalue weighted by Gasteiger charge is 2.17. The number of carbonyl (C=O) groups excluding carboxylic acids is 2. The first-order valence-corrected chi connectivity index (χ1v) is 9.93. The molecular formula is C20H24N4O2S. The second kappa shape index (κ2) is 8.35. The Labute approximate surface area is 162 Å². The van der Waals surface area contributed by atoms with Crippen molar-refractivity contribution in [3.8, 4) is 5.69 Å². The third kappa shape index (κ3) is 4.36. The Balaban J connectivity index is 1.68. The Morgan fingerprint density at radius 3 is 2.70 bits per heavy atom. The molecule has 0 aliphatic rings. The fourth-order valence-electron chi connectivity index (χ4n) is 2.73. The quantitative estimate of drug-likeness (QED) is 0.655. The lowest BCUT2D eigenvalue weighted by molar-refractivity contribution is -0.121. The van der Waals surface area contributed by atoms with Gasteiger partial charge >= 0.3 is 0 Å². The van der Waals surface area contributed by atoms with Crippen LogP contribution in [0.15, 0.2) is 36.4 Å². The molecule has 1 unspecified atom stereocenters. The highest BCUT2D eigenvalue weighted by atomic mass is 32.1. The molecule has 6 nitrogen and oxygen atoms in total. The monoisotopic (exact) mass is 384 g/mol. The molecule has 3 aromatic rings. The summed E-state index contributed by atoms with van der Waals surface area (Å²) in [6.07, 6.45) is 1.16. The number of nitrogens with zero attached hydrogens (tertiary/aromatic N) is 2. The molecule has 0 fully saturated rings. The number of thiophene rings is 1. The fraction of sp³-hybridized carbons (Fsp3) is 0.350. The first-order chi connectivity index (χ1) is 13.0. The van der Waals surface area contributed by atoms with Gasteiger partial charge in [-0.1, -0.05) is 25.1 Å². The van der Waals surface area contributed by atoms with Gasteiger partial charge in [0.15, 0.2) is 0 Å². The molecule has 0 bridgehead atoms. The maximum atomic E-state index is 12.5. The SMILES string of the molecule is CCC(C)NC(=O)CCNC(=O)c1cc2c(C)nn(-c3ccccc3)c2s1. The van der Waals surface area contributed by atoms with Crippen molar-refractivity contribution in [2.75, 3.05) is 6.54 Å². The molecule has 7 heteroatoms. The molecule has 2 aromatic heterocycles. The molecule has 0 saturated carbocycles. The largest absolute Gasteiger partial charge is 0.354 e. The molecule has 0 saturated heterocycles. The van der Waals surface area contributed by atoms with Crippen LogP contribution in [-0.2, 0) is 4.79 Å². The number of aryl methyl sites for hydroxylation is 1. The number of fused-ring (bicyclic) bond motifs is 1. The summed E-state index contributed by atoms with van der Waals surface area (Å²) in [4.78, 5) is 25.8. The van der Waals surface area contributed by atoms with Crippen LogP contribution in [0.1, 0.15) is 42.1 Å². The van der Waals surface area contributed by atoms with Crippen molar-refractivity contribution < 1.29 is 9.59 Å². The second-order valence-corrected chi connectivity index (χ2v) is 7.58. The third-order valence-corrected chi connectivity index (χ3v) is 5.54. The zero-order valence-corrected chi connectivity index (χ0v) is 16.6. The number of nitrogens with one attached hydrogen (secondary N) is 2. The molecule has 0 spiro atoms. The summed E-state index contributed by atoms with van der Waals surface area (Å²) in [5.74, 6) is -0.205. The van der Waals surface area contributed by atoms with Crippen molar-refractivity contribution in [3.63, 3.8) is 0 Å². The van der Waals surface area contributed by atoms with E-state index in [-0.39, 0.29) is 24.3 Å². The van der Waals surface area contributed by atoms with Crippen molar-refractivity contribution in [1.82, 2.24) is 20.4 Å². The van der Waals surface area contributed by atoms with E-state index in [2.05, 4.69) is 15.7 Å². The summed E-state index contributed by atoms with van der Waals surface area (Å²) in [7, 11) is 0. The van der Waals surface area contributed by atoms with Crippen LogP contribution in [0.4, 0.5) is 0 Å². The molecule has 0 aliphatic carbocycles. The molecule has 2 heterocycles. The van der Waals surface area contributed by atoms with Crippen LogP contribution in [0.5, 0.6) is 0 Å². The summed E-state index contributed by atoms with van der Waals surface area (Å²) in [6, 6.07) is 11.9. The summed E-state index contributed by atoms with van der Waals surface area (Å²) in [5, 5.41) is 11.3. The number of aromatic nitrogens is 2. The maximum Gasteiger partial charge on any atom is 0.261 e. The summed E-state index contributed by atoms with van der Waals surface area (Å²) >= 11 is 1.41. The number of benzene rings is 1. The van der Waals surface area contributed by atoms with Crippen molar-refractivity contribution in [3.05, 3.63) is 47.0 Å². The van der Waals surface area contributed by atoms with Gasteiger partial charge < -0.3 is 10.6 Å². The Morgan fingerprint density at radius 2 is 2.00 bits per heavy atom. The summed E-state index contributed by atoms with van der Waals surface area (Å²) in [5.41, 5.74) is 1.85. The molecule has 142 valence electrons. The molecule has 3 rings (SSSR count). The first-order valence-electron chi connectivity index (χ1n) is 9.11. The van der Waals surface area contributed by atoms with Gasteiger partial charge in [-0.05, 0) is 38.5 Å². The van der Waals surface area contributed by atoms with Gasteiger partial charge in [-0.25, -0.2) is 4.68 Å². The number of hydrogen-bond donors (Lipinski definition) is 2. The lowest BCUT2D eigenvalue weighted by Gasteiger charge is -2.11. The van der Waals surface area contributed by atoms with E-state index in [1.165, 1.54) is 11.3 Å². The van der Waals surface area contributed by atoms with E-state index in [0.29, 0.717) is 11.4 Å². The van der Waals surface area contributed by atoms with Gasteiger partial charge in [-0.15, -0.1) is 11.3 Å². The van der Waals surface area contributed by atoms with Crippen molar-refractivity contribution in [1.29, 1.82) is 0 Å². The van der Waals surface area contributed by atoms with Crippen LogP contribution in [0.2, 0.25) is 0 Å². The minimum Gasteiger partial charge on any atom is -0.354 e. The predicted molar refractivity (Wildman–Crippen MR) is 109 cm³/mol. The van der Waals surface area contributed by atoms with E-state index in [4.69, 9.17) is 0 Å². The standard InChI is InChI=1S/C20H24N4O2S/c1-4-13(2)22-18(25)10-11-21-19(26)17-12-16-14(3)23-24(20(16)27-17)15-8-6-5-7-9-15/h5-9,12-13H,4,10-11H2,1-3H3,(H,21,26)(H,22,25). The lowest BCUT2D eigenvalue weighted by Crippen LogP contribution is -2.35. The van der Waals surface area contributed by atoms with E-state index >= 15 is 0 Å². The molecule has 1 atom stereocenters. The number of rotatable bonds is 7. The molecule has 0 radical (unpaired) electrons. The average molecular weight is 385 g/mol. The molecular weight excluding hydrogens is 360 g/mol. The van der Waals surface area contributed by atoms with E-state index in [1.807, 2.05) is 61.9 Å². The number of amides is 2. The van der Waals surface area contributed by atoms with Crippen LogP contribution in [0, 0.1) is 6.92 Å². The van der Waals surface area contributed by atoms with E-state index in [9.17, 15) is 9.59 Å². The third-order valence-electron chi connectivity index (χ3n) is 4.43. The van der Waals surface area contributed by atoms with Gasteiger partial charge in [0.05, 0.1) is 16.3 Å². The first kappa shape index (κ1) is 19.1. The summed E-state index contributed by atoms with van der Waals surface area (Å²) < 4.78 is 1.87. The fourth-order valence-corrected chi connectivity index (χ4v) is 3.83. The number of carbonyl (C=O) groups is 2. The van der Waals surface area contributed by atoms with Gasteiger partial charge in [-0.3, -0.25) is 9.59 Å². The van der Waals surface area contributed by atoms with Crippen LogP contribution in [0.25, 0.3) is 15.9 Å². The number of para-hydroxylation sites is 1. The smallest absolute Gasteiger partial charge is 0.261 e. The molecule has 2 amide bonds. The Bertz CT molecular complexity index is 946. The molecule has 2 N–H and O–H groups in total. The minimum atomic E-state index is -0.161. The summed E-state index contributed by atoms with van der Waals surface area (Å²) in [6.45, 7) is 6.24. The zero-order valence-electron chi connectivity index (χ0n) is 15.8. The normalized spacial score (nSPS) is 12.1. The van der Waals surface area contributed by atoms with Crippen LogP contribution >= 0.6 is 11.3 Å². The Hall–Kier alpha value is -2.67. The maximum absolute atomic E-state index is 12.5. The Morgan fingerprint density at radius 1 is 1.26 bits per heavy atom.